The van der Waals surface area contributed by atoms with Crippen molar-refractivity contribution in [3.05, 3.63) is 53.9 Å². The summed E-state index contributed by atoms with van der Waals surface area (Å²) in [5.74, 6) is 1.69. The molecule has 4 rings (SSSR count). The number of piperidine rings is 1. The maximum Gasteiger partial charge on any atom is 0.145 e. The quantitative estimate of drug-likeness (QED) is 0.872. The zero-order valence-electron chi connectivity index (χ0n) is 15.4. The second-order valence-electron chi connectivity index (χ2n) is 7.60. The van der Waals surface area contributed by atoms with Crippen LogP contribution in [0.25, 0.3) is 0 Å². The van der Waals surface area contributed by atoms with Gasteiger partial charge in [0.15, 0.2) is 0 Å². The molecule has 140 valence electrons. The minimum Gasteiger partial charge on any atom is -0.455 e. The van der Waals surface area contributed by atoms with Crippen molar-refractivity contribution in [2.45, 2.75) is 32.7 Å². The molecule has 2 fully saturated rings. The smallest absolute Gasteiger partial charge is 0.145 e. The molecule has 1 aromatic heterocycles. The van der Waals surface area contributed by atoms with Gasteiger partial charge in [-0.3, -0.25) is 9.88 Å². The summed E-state index contributed by atoms with van der Waals surface area (Å²) in [5, 5.41) is 3.50. The first-order chi connectivity index (χ1) is 12.2. The third kappa shape index (κ3) is 4.37. The van der Waals surface area contributed by atoms with E-state index in [4.69, 9.17) is 4.74 Å². The zero-order valence-corrected chi connectivity index (χ0v) is 16.2. The van der Waals surface area contributed by atoms with Crippen molar-refractivity contribution in [2.24, 2.45) is 5.41 Å². The van der Waals surface area contributed by atoms with E-state index < -0.39 is 0 Å². The molecule has 4 nitrogen and oxygen atoms in total. The van der Waals surface area contributed by atoms with Gasteiger partial charge in [-0.05, 0) is 80.6 Å². The van der Waals surface area contributed by atoms with Crippen molar-refractivity contribution in [3.8, 4) is 11.5 Å². The second-order valence-corrected chi connectivity index (χ2v) is 7.60. The molecule has 0 saturated carbocycles. The molecule has 1 spiro atoms. The van der Waals surface area contributed by atoms with Crippen LogP contribution in [-0.2, 0) is 6.54 Å². The highest BCUT2D eigenvalue weighted by Gasteiger charge is 2.38. The number of halogens is 1. The van der Waals surface area contributed by atoms with Crippen molar-refractivity contribution in [1.82, 2.24) is 15.2 Å². The van der Waals surface area contributed by atoms with Crippen LogP contribution >= 0.6 is 12.4 Å². The molecule has 0 bridgehead atoms. The van der Waals surface area contributed by atoms with Gasteiger partial charge < -0.3 is 10.1 Å². The summed E-state index contributed by atoms with van der Waals surface area (Å²) in [4.78, 5) is 6.73. The minimum absolute atomic E-state index is 0. The predicted molar refractivity (Wildman–Crippen MR) is 107 cm³/mol. The van der Waals surface area contributed by atoms with Gasteiger partial charge in [0.25, 0.3) is 0 Å². The van der Waals surface area contributed by atoms with E-state index in [0.29, 0.717) is 5.41 Å². The van der Waals surface area contributed by atoms with Gasteiger partial charge in [-0.15, -0.1) is 12.4 Å². The molecule has 0 amide bonds. The lowest BCUT2D eigenvalue weighted by Gasteiger charge is -2.34. The Morgan fingerprint density at radius 3 is 2.77 bits per heavy atom. The number of rotatable bonds is 4. The van der Waals surface area contributed by atoms with Crippen molar-refractivity contribution < 1.29 is 4.74 Å². The van der Waals surface area contributed by atoms with Crippen molar-refractivity contribution in [1.29, 1.82) is 0 Å². The van der Waals surface area contributed by atoms with Crippen LogP contribution in [0, 0.1) is 12.3 Å². The molecule has 2 saturated heterocycles. The number of benzene rings is 1. The Bertz CT molecular complexity index is 716. The van der Waals surface area contributed by atoms with Crippen LogP contribution in [-0.4, -0.2) is 36.1 Å². The van der Waals surface area contributed by atoms with E-state index in [1.165, 1.54) is 56.6 Å². The fourth-order valence-electron chi connectivity index (χ4n) is 4.24. The SMILES string of the molecule is Cc1cc(CN2CCC3(CCNCC3)C2)ccc1Oc1cccnc1.Cl. The van der Waals surface area contributed by atoms with E-state index in [2.05, 4.69) is 40.3 Å². The molecule has 2 aromatic rings. The summed E-state index contributed by atoms with van der Waals surface area (Å²) < 4.78 is 5.94. The fraction of sp³-hybridized carbons (Fsp3) is 0.476. The van der Waals surface area contributed by atoms with E-state index in [1.54, 1.807) is 12.4 Å². The standard InChI is InChI=1S/C21H27N3O.ClH/c1-17-13-18(4-5-20(17)25-19-3-2-9-23-14-19)15-24-12-8-21(16-24)6-10-22-11-7-21;/h2-5,9,13-14,22H,6-8,10-12,15-16H2,1H3;1H. The number of pyridine rings is 1. The Morgan fingerprint density at radius 1 is 1.19 bits per heavy atom. The average Bonchev–Trinajstić information content (AvgIpc) is 3.01. The Morgan fingerprint density at radius 2 is 2.04 bits per heavy atom. The highest BCUT2D eigenvalue weighted by molar-refractivity contribution is 5.85. The summed E-state index contributed by atoms with van der Waals surface area (Å²) in [7, 11) is 0. The average molecular weight is 374 g/mol. The largest absolute Gasteiger partial charge is 0.455 e. The van der Waals surface area contributed by atoms with Gasteiger partial charge in [-0.1, -0.05) is 12.1 Å². The molecule has 0 atom stereocenters. The molecule has 1 N–H and O–H groups in total. The van der Waals surface area contributed by atoms with Crippen LogP contribution in [0.4, 0.5) is 0 Å². The van der Waals surface area contributed by atoms with Crippen molar-refractivity contribution >= 4 is 12.4 Å². The van der Waals surface area contributed by atoms with Crippen LogP contribution < -0.4 is 10.1 Å². The maximum atomic E-state index is 5.94. The number of likely N-dealkylation sites (tertiary alicyclic amines) is 1. The number of ether oxygens (including phenoxy) is 1. The number of aryl methyl sites for hydroxylation is 1. The zero-order chi connectivity index (χ0) is 17.1. The summed E-state index contributed by atoms with van der Waals surface area (Å²) in [5.41, 5.74) is 3.13. The number of nitrogens with one attached hydrogen (secondary N) is 1. The van der Waals surface area contributed by atoms with Gasteiger partial charge in [0.2, 0.25) is 0 Å². The fourth-order valence-corrected chi connectivity index (χ4v) is 4.24. The Kier molecular flexibility index (Phi) is 6.17. The van der Waals surface area contributed by atoms with Crippen LogP contribution in [0.15, 0.2) is 42.7 Å². The lowest BCUT2D eigenvalue weighted by Crippen LogP contribution is -2.38. The van der Waals surface area contributed by atoms with Gasteiger partial charge in [0.05, 0.1) is 6.20 Å². The molecule has 2 aliphatic heterocycles. The Labute approximate surface area is 162 Å². The monoisotopic (exact) mass is 373 g/mol. The summed E-state index contributed by atoms with van der Waals surface area (Å²) in [6.45, 7) is 8.02. The highest BCUT2D eigenvalue weighted by atomic mass is 35.5. The van der Waals surface area contributed by atoms with Crippen LogP contribution in [0.5, 0.6) is 11.5 Å². The Hall–Kier alpha value is -1.62. The molecule has 5 heteroatoms. The molecule has 0 unspecified atom stereocenters. The molecule has 26 heavy (non-hydrogen) atoms. The number of aromatic nitrogens is 1. The van der Waals surface area contributed by atoms with Crippen molar-refractivity contribution in [2.75, 3.05) is 26.2 Å². The van der Waals surface area contributed by atoms with E-state index in [9.17, 15) is 0 Å². The summed E-state index contributed by atoms with van der Waals surface area (Å²) >= 11 is 0. The van der Waals surface area contributed by atoms with Gasteiger partial charge in [-0.2, -0.15) is 0 Å². The van der Waals surface area contributed by atoms with Gasteiger partial charge in [0, 0.05) is 19.3 Å². The molecule has 3 heterocycles. The van der Waals surface area contributed by atoms with E-state index in [-0.39, 0.29) is 12.4 Å². The highest BCUT2D eigenvalue weighted by Crippen LogP contribution is 2.39. The third-order valence-corrected chi connectivity index (χ3v) is 5.69. The maximum absolute atomic E-state index is 5.94. The topological polar surface area (TPSA) is 37.4 Å². The second kappa shape index (κ2) is 8.38. The van der Waals surface area contributed by atoms with Gasteiger partial charge >= 0.3 is 0 Å². The van der Waals surface area contributed by atoms with Crippen LogP contribution in [0.3, 0.4) is 0 Å². The predicted octanol–water partition coefficient (Wildman–Crippen LogP) is 4.18. The number of hydrogen-bond donors (Lipinski definition) is 1. The first-order valence-corrected chi connectivity index (χ1v) is 9.33. The van der Waals surface area contributed by atoms with E-state index >= 15 is 0 Å². The number of nitrogens with zero attached hydrogens (tertiary/aromatic N) is 2. The molecular formula is C21H28ClN3O. The van der Waals surface area contributed by atoms with Gasteiger partial charge in [0.1, 0.15) is 11.5 Å². The van der Waals surface area contributed by atoms with Crippen LogP contribution in [0.2, 0.25) is 0 Å². The molecule has 0 aliphatic carbocycles. The number of hydrogen-bond acceptors (Lipinski definition) is 4. The first-order valence-electron chi connectivity index (χ1n) is 9.33. The van der Waals surface area contributed by atoms with E-state index in [1.807, 2.05) is 12.1 Å². The first kappa shape index (κ1) is 19.2. The molecule has 2 aliphatic rings. The molecular weight excluding hydrogens is 346 g/mol. The van der Waals surface area contributed by atoms with Crippen LogP contribution in [0.1, 0.15) is 30.4 Å². The lowest BCUT2D eigenvalue weighted by atomic mass is 9.78. The third-order valence-electron chi connectivity index (χ3n) is 5.69. The minimum atomic E-state index is 0. The summed E-state index contributed by atoms with van der Waals surface area (Å²) in [6.07, 6.45) is 7.53. The lowest BCUT2D eigenvalue weighted by molar-refractivity contribution is 0.194. The molecule has 0 radical (unpaired) electrons. The van der Waals surface area contributed by atoms with E-state index in [0.717, 1.165) is 18.0 Å². The Balaban J connectivity index is 0.00000196. The van der Waals surface area contributed by atoms with Crippen molar-refractivity contribution in [3.63, 3.8) is 0 Å². The summed E-state index contributed by atoms with van der Waals surface area (Å²) in [6, 6.07) is 10.4. The van der Waals surface area contributed by atoms with Gasteiger partial charge in [-0.25, -0.2) is 0 Å². The normalized spacial score (nSPS) is 19.3. The molecule has 1 aromatic carbocycles.